The van der Waals surface area contributed by atoms with Crippen LogP contribution in [0.15, 0.2) is 0 Å². The van der Waals surface area contributed by atoms with Gasteiger partial charge in [-0.15, -0.1) is 0 Å². The SMILES string of the molecule is CC[C@@H]1[C@H](O)[C@@H](C)C(=O)[C@H](C)C[C@@](C)(O)[C@H](OC2O[C@H](C)C[C@H](N(C)C)[C@H]2O)[C@@H](C)C(OC2C[C@@](C)(OC)[C@@H](O)[C@H](C)O2)[C@@H](C)C(=O)O[C@@H]1CC. The summed E-state index contributed by atoms with van der Waals surface area (Å²) < 4.78 is 37.5. The average Bonchev–Trinajstić information content (AvgIpc) is 3.07. The van der Waals surface area contributed by atoms with Gasteiger partial charge in [0.05, 0.1) is 47.6 Å². The van der Waals surface area contributed by atoms with E-state index in [0.717, 1.165) is 0 Å². The second-order valence-corrected chi connectivity index (χ2v) is 16.4. The van der Waals surface area contributed by atoms with Crippen molar-refractivity contribution in [2.45, 2.75) is 180 Å². The van der Waals surface area contributed by atoms with Crippen LogP contribution in [0.5, 0.6) is 0 Å². The van der Waals surface area contributed by atoms with Crippen LogP contribution >= 0.6 is 0 Å². The Balaban J connectivity index is 2.17. The summed E-state index contributed by atoms with van der Waals surface area (Å²) in [5, 5.41) is 46.3. The van der Waals surface area contributed by atoms with E-state index >= 15 is 0 Å². The van der Waals surface area contributed by atoms with E-state index in [1.807, 2.05) is 39.8 Å². The number of Topliss-reactive ketones (excluding diaryl/α,β-unsaturated/α-hetero) is 1. The van der Waals surface area contributed by atoms with Crippen molar-refractivity contribution >= 4 is 11.8 Å². The molecule has 51 heavy (non-hydrogen) atoms. The maximum atomic E-state index is 14.2. The Bertz CT molecular complexity index is 1140. The first-order chi connectivity index (χ1) is 23.6. The third-order valence-corrected chi connectivity index (χ3v) is 12.0. The average molecular weight is 732 g/mol. The molecule has 0 aliphatic carbocycles. The van der Waals surface area contributed by atoms with Crippen LogP contribution in [0.1, 0.15) is 101 Å². The van der Waals surface area contributed by atoms with Crippen LogP contribution in [0, 0.1) is 29.6 Å². The van der Waals surface area contributed by atoms with Gasteiger partial charge in [-0.3, -0.25) is 9.59 Å². The molecule has 0 amide bonds. The van der Waals surface area contributed by atoms with E-state index in [2.05, 4.69) is 0 Å². The number of nitrogens with zero attached hydrogens (tertiary/aromatic N) is 1. The molecule has 3 saturated heterocycles. The third kappa shape index (κ3) is 9.89. The molecule has 3 rings (SSSR count). The molecule has 3 aliphatic heterocycles. The van der Waals surface area contributed by atoms with Crippen LogP contribution in [-0.4, -0.2) is 137 Å². The van der Waals surface area contributed by atoms with Gasteiger partial charge in [-0.1, -0.05) is 34.6 Å². The number of carbonyl (C=O) groups is 2. The zero-order valence-corrected chi connectivity index (χ0v) is 33.3. The van der Waals surface area contributed by atoms with Gasteiger partial charge in [0.15, 0.2) is 12.6 Å². The van der Waals surface area contributed by atoms with Crippen LogP contribution in [0.4, 0.5) is 0 Å². The topological polar surface area (TPSA) is 174 Å². The number of ketones is 1. The molecule has 3 unspecified atom stereocenters. The molecular weight excluding hydrogens is 662 g/mol. The first-order valence-electron chi connectivity index (χ1n) is 19.0. The van der Waals surface area contributed by atoms with Crippen molar-refractivity contribution < 1.29 is 58.4 Å². The Kier molecular flexibility index (Phi) is 15.5. The molecule has 0 radical (unpaired) electrons. The summed E-state index contributed by atoms with van der Waals surface area (Å²) >= 11 is 0. The number of hydrogen-bond acceptors (Lipinski definition) is 13. The lowest BCUT2D eigenvalue weighted by atomic mass is 9.74. The summed E-state index contributed by atoms with van der Waals surface area (Å²) in [5.74, 6) is -4.51. The van der Waals surface area contributed by atoms with E-state index in [1.54, 1.807) is 48.5 Å². The smallest absolute Gasteiger partial charge is 0.311 e. The van der Waals surface area contributed by atoms with Gasteiger partial charge in [-0.25, -0.2) is 0 Å². The highest BCUT2D eigenvalue weighted by atomic mass is 16.7. The molecule has 0 spiro atoms. The fraction of sp³-hybridized carbons (Fsp3) is 0.947. The maximum absolute atomic E-state index is 14.2. The Hall–Kier alpha value is -1.26. The van der Waals surface area contributed by atoms with Gasteiger partial charge in [0.25, 0.3) is 0 Å². The van der Waals surface area contributed by atoms with Gasteiger partial charge < -0.3 is 53.7 Å². The van der Waals surface area contributed by atoms with E-state index in [-0.39, 0.29) is 30.8 Å². The standard InChI is InChI=1S/C38H69NO12/c1-14-25-27(15-2)49-35(44)23(7)32(50-28-18-38(10,46-13)33(43)24(8)48-28)22(6)34(37(9,45)17-19(3)29(40)21(5)30(25)41)51-36-31(42)26(39(11)12)16-20(4)47-36/h19-28,30-34,36,41-43,45H,14-18H2,1-13H3/t19-,20-,21+,22+,23-,24+,25+,26+,27-,28?,30-,31-,32?,33+,34-,36?,37-,38-/m1/s1. The van der Waals surface area contributed by atoms with Gasteiger partial charge in [0.2, 0.25) is 0 Å². The fourth-order valence-electron chi connectivity index (χ4n) is 8.69. The zero-order valence-electron chi connectivity index (χ0n) is 33.3. The molecule has 4 N–H and O–H groups in total. The Morgan fingerprint density at radius 2 is 1.51 bits per heavy atom. The molecule has 0 aromatic rings. The van der Waals surface area contributed by atoms with Crippen molar-refractivity contribution in [3.05, 3.63) is 0 Å². The summed E-state index contributed by atoms with van der Waals surface area (Å²) in [4.78, 5) is 30.0. The molecule has 13 nitrogen and oxygen atoms in total. The monoisotopic (exact) mass is 731 g/mol. The number of esters is 1. The van der Waals surface area contributed by atoms with Crippen molar-refractivity contribution in [1.82, 2.24) is 4.90 Å². The third-order valence-electron chi connectivity index (χ3n) is 12.0. The minimum Gasteiger partial charge on any atom is -0.462 e. The fourth-order valence-corrected chi connectivity index (χ4v) is 8.69. The van der Waals surface area contributed by atoms with E-state index < -0.39 is 102 Å². The number of aliphatic hydroxyl groups excluding tert-OH is 3. The number of ether oxygens (including phenoxy) is 6. The number of rotatable bonds is 8. The van der Waals surface area contributed by atoms with Crippen LogP contribution in [-0.2, 0) is 38.0 Å². The van der Waals surface area contributed by atoms with Gasteiger partial charge in [0.1, 0.15) is 24.1 Å². The number of cyclic esters (lactones) is 1. The highest BCUT2D eigenvalue weighted by Gasteiger charge is 2.52. The second-order valence-electron chi connectivity index (χ2n) is 16.4. The Morgan fingerprint density at radius 3 is 2.06 bits per heavy atom. The molecule has 0 aromatic heterocycles. The van der Waals surface area contributed by atoms with Crippen molar-refractivity contribution in [2.75, 3.05) is 21.2 Å². The van der Waals surface area contributed by atoms with Crippen LogP contribution in [0.25, 0.3) is 0 Å². The summed E-state index contributed by atoms with van der Waals surface area (Å²) in [5.41, 5.74) is -2.74. The van der Waals surface area contributed by atoms with E-state index in [9.17, 15) is 30.0 Å². The molecule has 3 heterocycles. The molecule has 298 valence electrons. The van der Waals surface area contributed by atoms with Crippen molar-refractivity contribution in [3.63, 3.8) is 0 Å². The lowest BCUT2D eigenvalue weighted by Gasteiger charge is -2.49. The number of likely N-dealkylation sites (N-methyl/N-ethyl adjacent to an activating group) is 1. The lowest BCUT2D eigenvalue weighted by Crippen LogP contribution is -2.60. The van der Waals surface area contributed by atoms with E-state index in [1.165, 1.54) is 7.11 Å². The highest BCUT2D eigenvalue weighted by molar-refractivity contribution is 5.83. The molecule has 18 atom stereocenters. The van der Waals surface area contributed by atoms with Crippen molar-refractivity contribution in [1.29, 1.82) is 0 Å². The van der Waals surface area contributed by atoms with Gasteiger partial charge in [-0.05, 0) is 74.4 Å². The normalized spacial score (nSPS) is 48.3. The van der Waals surface area contributed by atoms with Crippen LogP contribution < -0.4 is 0 Å². The zero-order chi connectivity index (χ0) is 38.7. The van der Waals surface area contributed by atoms with Crippen molar-refractivity contribution in [3.8, 4) is 0 Å². The minimum atomic E-state index is -1.72. The van der Waals surface area contributed by atoms with Gasteiger partial charge >= 0.3 is 5.97 Å². The Labute approximate surface area is 305 Å². The molecule has 13 heteroatoms. The largest absolute Gasteiger partial charge is 0.462 e. The quantitative estimate of drug-likeness (QED) is 0.269. The van der Waals surface area contributed by atoms with Gasteiger partial charge in [-0.2, -0.15) is 0 Å². The summed E-state index contributed by atoms with van der Waals surface area (Å²) in [6, 6.07) is -0.297. The van der Waals surface area contributed by atoms with Crippen LogP contribution in [0.2, 0.25) is 0 Å². The first-order valence-corrected chi connectivity index (χ1v) is 19.0. The summed E-state index contributed by atoms with van der Waals surface area (Å²) in [7, 11) is 5.24. The van der Waals surface area contributed by atoms with E-state index in [4.69, 9.17) is 28.4 Å². The lowest BCUT2D eigenvalue weighted by molar-refractivity contribution is -0.317. The minimum absolute atomic E-state index is 0.0438. The second kappa shape index (κ2) is 17.9. The maximum Gasteiger partial charge on any atom is 0.311 e. The summed E-state index contributed by atoms with van der Waals surface area (Å²) in [6.45, 7) is 17.6. The van der Waals surface area contributed by atoms with E-state index in [0.29, 0.717) is 19.3 Å². The number of methoxy groups -OCH3 is 1. The molecule has 0 bridgehead atoms. The molecule has 0 aromatic carbocycles. The van der Waals surface area contributed by atoms with Crippen LogP contribution in [0.3, 0.4) is 0 Å². The Morgan fingerprint density at radius 1 is 0.882 bits per heavy atom. The van der Waals surface area contributed by atoms with Gasteiger partial charge in [0, 0.05) is 43.2 Å². The highest BCUT2D eigenvalue weighted by Crippen LogP contribution is 2.40. The molecule has 0 saturated carbocycles. The molecule has 3 aliphatic rings. The summed E-state index contributed by atoms with van der Waals surface area (Å²) in [6.07, 6.45) is -7.40. The van der Waals surface area contributed by atoms with Crippen molar-refractivity contribution in [2.24, 2.45) is 29.6 Å². The predicted molar refractivity (Wildman–Crippen MR) is 189 cm³/mol. The number of carbonyl (C=O) groups excluding carboxylic acids is 2. The molecular formula is C38H69NO12. The predicted octanol–water partition coefficient (Wildman–Crippen LogP) is 3.06. The molecule has 3 fully saturated rings. The number of aliphatic hydroxyl groups is 4. The number of hydrogen-bond donors (Lipinski definition) is 4. The first kappa shape index (κ1) is 44.1.